The second-order valence-electron chi connectivity index (χ2n) is 5.26. The molecule has 0 saturated carbocycles. The van der Waals surface area contributed by atoms with E-state index in [-0.39, 0.29) is 0 Å². The minimum Gasteiger partial charge on any atom is -0.372 e. The van der Waals surface area contributed by atoms with Crippen LogP contribution >= 0.6 is 0 Å². The summed E-state index contributed by atoms with van der Waals surface area (Å²) in [5, 5.41) is 0. The van der Waals surface area contributed by atoms with E-state index >= 15 is 0 Å². The highest BCUT2D eigenvalue weighted by atomic mass is 16.5. The topological polar surface area (TPSA) is 22.1 Å². The monoisotopic (exact) mass is 269 g/mol. The Bertz CT molecular complexity index is 499. The maximum atomic E-state index is 5.78. The molecule has 1 atom stereocenters. The van der Waals surface area contributed by atoms with E-state index in [0.717, 1.165) is 6.42 Å². The number of hydrogen-bond acceptors (Lipinski definition) is 2. The van der Waals surface area contributed by atoms with Gasteiger partial charge in [0.25, 0.3) is 0 Å². The molecule has 0 bridgehead atoms. The second kappa shape index (κ2) is 7.81. The highest BCUT2D eigenvalue weighted by Gasteiger charge is 2.05. The molecule has 0 spiro atoms. The van der Waals surface area contributed by atoms with Gasteiger partial charge < -0.3 is 4.74 Å². The lowest BCUT2D eigenvalue weighted by atomic mass is 9.98. The number of nitrogens with zero attached hydrogens (tertiary/aromatic N) is 1. The number of pyridine rings is 1. The third-order valence-electron chi connectivity index (χ3n) is 3.69. The molecule has 1 aliphatic rings. The molecule has 2 rings (SSSR count). The molecule has 20 heavy (non-hydrogen) atoms. The van der Waals surface area contributed by atoms with Crippen LogP contribution in [-0.4, -0.2) is 11.6 Å². The van der Waals surface area contributed by atoms with Crippen molar-refractivity contribution in [3.05, 3.63) is 65.5 Å². The Balaban J connectivity index is 1.86. The molecule has 2 nitrogen and oxygen atoms in total. The molecule has 0 radical (unpaired) electrons. The first-order chi connectivity index (χ1) is 9.79. The standard InChI is InChI=1S/C18H23NO/c1-3-15(2)18-6-4-5-16(7-8-18)13-20-14-17-9-11-19-12-10-17/h4,6-12,15H,3,5,13-14H2,1-2H3. The summed E-state index contributed by atoms with van der Waals surface area (Å²) >= 11 is 0. The largest absolute Gasteiger partial charge is 0.372 e. The third-order valence-corrected chi connectivity index (χ3v) is 3.69. The smallest absolute Gasteiger partial charge is 0.0722 e. The summed E-state index contributed by atoms with van der Waals surface area (Å²) in [6, 6.07) is 3.98. The van der Waals surface area contributed by atoms with Gasteiger partial charge in [0.1, 0.15) is 0 Å². The van der Waals surface area contributed by atoms with Crippen LogP contribution in [0.1, 0.15) is 32.3 Å². The van der Waals surface area contributed by atoms with Crippen LogP contribution in [-0.2, 0) is 11.3 Å². The second-order valence-corrected chi connectivity index (χ2v) is 5.26. The molecule has 1 heterocycles. The zero-order valence-corrected chi connectivity index (χ0v) is 12.4. The quantitative estimate of drug-likeness (QED) is 0.760. The molecule has 1 unspecified atom stereocenters. The van der Waals surface area contributed by atoms with Crippen molar-refractivity contribution in [2.45, 2.75) is 33.3 Å². The molecule has 0 saturated heterocycles. The molecule has 0 amide bonds. The SMILES string of the molecule is CCC(C)C1=CC=C(COCc2ccncc2)CC=C1. The summed E-state index contributed by atoms with van der Waals surface area (Å²) < 4.78 is 5.78. The van der Waals surface area contributed by atoms with Crippen molar-refractivity contribution in [3.8, 4) is 0 Å². The lowest BCUT2D eigenvalue weighted by Crippen LogP contribution is -1.98. The predicted octanol–water partition coefficient (Wildman–Crippen LogP) is 4.46. The van der Waals surface area contributed by atoms with Gasteiger partial charge in [-0.1, -0.05) is 38.2 Å². The molecule has 0 aliphatic heterocycles. The maximum Gasteiger partial charge on any atom is 0.0722 e. The Morgan fingerprint density at radius 3 is 2.75 bits per heavy atom. The van der Waals surface area contributed by atoms with Crippen LogP contribution in [0, 0.1) is 5.92 Å². The number of hydrogen-bond donors (Lipinski definition) is 0. The summed E-state index contributed by atoms with van der Waals surface area (Å²) in [5.74, 6) is 0.625. The molecule has 1 aromatic heterocycles. The molecule has 2 heteroatoms. The van der Waals surface area contributed by atoms with Gasteiger partial charge in [-0.05, 0) is 47.6 Å². The normalized spacial score (nSPS) is 16.3. The molecule has 106 valence electrons. The summed E-state index contributed by atoms with van der Waals surface area (Å²) in [4.78, 5) is 4.00. The Morgan fingerprint density at radius 1 is 1.20 bits per heavy atom. The van der Waals surface area contributed by atoms with Crippen molar-refractivity contribution < 1.29 is 4.74 Å². The van der Waals surface area contributed by atoms with E-state index in [1.165, 1.54) is 23.1 Å². The molecular weight excluding hydrogens is 246 g/mol. The van der Waals surface area contributed by atoms with E-state index in [2.05, 4.69) is 43.1 Å². The maximum absolute atomic E-state index is 5.78. The van der Waals surface area contributed by atoms with Crippen molar-refractivity contribution in [2.75, 3.05) is 6.61 Å². The average Bonchev–Trinajstić information content (AvgIpc) is 2.73. The lowest BCUT2D eigenvalue weighted by molar-refractivity contribution is 0.141. The van der Waals surface area contributed by atoms with Gasteiger partial charge in [0, 0.05) is 12.4 Å². The van der Waals surface area contributed by atoms with E-state index in [1.807, 2.05) is 12.1 Å². The van der Waals surface area contributed by atoms with Gasteiger partial charge in [-0.3, -0.25) is 4.98 Å². The van der Waals surface area contributed by atoms with E-state index in [0.29, 0.717) is 19.1 Å². The molecule has 1 aliphatic carbocycles. The molecule has 1 aromatic rings. The zero-order chi connectivity index (χ0) is 14.2. The highest BCUT2D eigenvalue weighted by Crippen LogP contribution is 2.20. The first-order valence-electron chi connectivity index (χ1n) is 7.32. The summed E-state index contributed by atoms with van der Waals surface area (Å²) in [6.45, 7) is 5.84. The van der Waals surface area contributed by atoms with Crippen LogP contribution in [0.15, 0.2) is 60.0 Å². The van der Waals surface area contributed by atoms with Crippen LogP contribution in [0.25, 0.3) is 0 Å². The average molecular weight is 269 g/mol. The fourth-order valence-corrected chi connectivity index (χ4v) is 2.13. The summed E-state index contributed by atoms with van der Waals surface area (Å²) in [7, 11) is 0. The number of allylic oxidation sites excluding steroid dienone is 5. The van der Waals surface area contributed by atoms with Crippen LogP contribution in [0.3, 0.4) is 0 Å². The van der Waals surface area contributed by atoms with E-state index in [9.17, 15) is 0 Å². The van der Waals surface area contributed by atoms with Gasteiger partial charge in [-0.2, -0.15) is 0 Å². The fourth-order valence-electron chi connectivity index (χ4n) is 2.13. The van der Waals surface area contributed by atoms with Crippen molar-refractivity contribution in [3.63, 3.8) is 0 Å². The number of ether oxygens (including phenoxy) is 1. The van der Waals surface area contributed by atoms with E-state index in [4.69, 9.17) is 4.74 Å². The van der Waals surface area contributed by atoms with Crippen LogP contribution < -0.4 is 0 Å². The highest BCUT2D eigenvalue weighted by molar-refractivity contribution is 5.32. The summed E-state index contributed by atoms with van der Waals surface area (Å²) in [6.07, 6.45) is 14.7. The van der Waals surface area contributed by atoms with Gasteiger partial charge in [-0.25, -0.2) is 0 Å². The first-order valence-corrected chi connectivity index (χ1v) is 7.32. The van der Waals surface area contributed by atoms with Crippen LogP contribution in [0.4, 0.5) is 0 Å². The minimum absolute atomic E-state index is 0.625. The zero-order valence-electron chi connectivity index (χ0n) is 12.4. The Hall–Kier alpha value is -1.67. The predicted molar refractivity (Wildman–Crippen MR) is 83.3 cm³/mol. The Morgan fingerprint density at radius 2 is 2.00 bits per heavy atom. The third kappa shape index (κ3) is 4.46. The van der Waals surface area contributed by atoms with Crippen molar-refractivity contribution in [1.82, 2.24) is 4.98 Å². The molecule has 0 N–H and O–H groups in total. The van der Waals surface area contributed by atoms with Gasteiger partial charge in [-0.15, -0.1) is 0 Å². The molecule has 0 aromatic carbocycles. The fraction of sp³-hybridized carbons (Fsp3) is 0.389. The molecule has 0 fully saturated rings. The van der Waals surface area contributed by atoms with Crippen LogP contribution in [0.2, 0.25) is 0 Å². The van der Waals surface area contributed by atoms with Gasteiger partial charge in [0.05, 0.1) is 13.2 Å². The van der Waals surface area contributed by atoms with E-state index in [1.54, 1.807) is 12.4 Å². The van der Waals surface area contributed by atoms with Crippen molar-refractivity contribution in [1.29, 1.82) is 0 Å². The Kier molecular flexibility index (Phi) is 5.75. The number of rotatable bonds is 6. The molecular formula is C18H23NO. The van der Waals surface area contributed by atoms with Crippen molar-refractivity contribution in [2.24, 2.45) is 5.92 Å². The van der Waals surface area contributed by atoms with Crippen LogP contribution in [0.5, 0.6) is 0 Å². The van der Waals surface area contributed by atoms with E-state index < -0.39 is 0 Å². The van der Waals surface area contributed by atoms with Crippen molar-refractivity contribution >= 4 is 0 Å². The first kappa shape index (κ1) is 14.7. The lowest BCUT2D eigenvalue weighted by Gasteiger charge is -2.08. The Labute approximate surface area is 121 Å². The number of aromatic nitrogens is 1. The van der Waals surface area contributed by atoms with Gasteiger partial charge in [0.2, 0.25) is 0 Å². The van der Waals surface area contributed by atoms with Gasteiger partial charge in [0.15, 0.2) is 0 Å². The minimum atomic E-state index is 0.625. The van der Waals surface area contributed by atoms with Gasteiger partial charge >= 0.3 is 0 Å². The summed E-state index contributed by atoms with van der Waals surface area (Å²) in [5.41, 5.74) is 3.91.